The monoisotopic (exact) mass is 394 g/mol. The van der Waals surface area contributed by atoms with E-state index in [9.17, 15) is 9.59 Å². The number of methoxy groups -OCH3 is 1. The molecule has 0 aromatic heterocycles. The van der Waals surface area contributed by atoms with Crippen LogP contribution in [0.5, 0.6) is 0 Å². The van der Waals surface area contributed by atoms with Gasteiger partial charge in [-0.15, -0.1) is 0 Å². The van der Waals surface area contributed by atoms with Crippen LogP contribution in [0.2, 0.25) is 5.02 Å². The number of quaternary nitrogens is 2. The van der Waals surface area contributed by atoms with Gasteiger partial charge in [0, 0.05) is 5.02 Å². The van der Waals surface area contributed by atoms with Gasteiger partial charge in [-0.3, -0.25) is 0 Å². The number of carbonyl (C=O) groups is 2. The Labute approximate surface area is 164 Å². The lowest BCUT2D eigenvalue weighted by molar-refractivity contribution is -1.01. The number of ether oxygens (including phenoxy) is 1. The molecule has 0 spiro atoms. The Kier molecular flexibility index (Phi) is 6.36. The molecule has 0 unspecified atom stereocenters. The number of esters is 1. The van der Waals surface area contributed by atoms with Crippen molar-refractivity contribution < 1.29 is 24.1 Å². The van der Waals surface area contributed by atoms with Crippen molar-refractivity contribution in [3.05, 3.63) is 46.1 Å². The molecule has 1 saturated heterocycles. The Bertz CT molecular complexity index is 744. The van der Waals surface area contributed by atoms with Gasteiger partial charge in [0.25, 0.3) is 0 Å². The topological polar surface area (TPSA) is 76.3 Å². The minimum absolute atomic E-state index is 0.334. The first-order valence-corrected chi connectivity index (χ1v) is 9.71. The molecule has 0 saturated carbocycles. The van der Waals surface area contributed by atoms with Gasteiger partial charge in [0.1, 0.15) is 32.7 Å². The van der Waals surface area contributed by atoms with Gasteiger partial charge >= 0.3 is 12.0 Å². The molecule has 2 heterocycles. The number of nitrogens with one attached hydrogen (secondary N) is 4. The average molecular weight is 395 g/mol. The van der Waals surface area contributed by atoms with Crippen LogP contribution in [0, 0.1) is 0 Å². The summed E-state index contributed by atoms with van der Waals surface area (Å²) in [4.78, 5) is 27.8. The van der Waals surface area contributed by atoms with Crippen LogP contribution in [0.3, 0.4) is 0 Å². The van der Waals surface area contributed by atoms with Crippen molar-refractivity contribution in [3.63, 3.8) is 0 Å². The molecule has 8 heteroatoms. The molecule has 1 atom stereocenters. The maximum absolute atomic E-state index is 12.6. The van der Waals surface area contributed by atoms with Gasteiger partial charge in [-0.1, -0.05) is 29.8 Å². The smallest absolute Gasteiger partial charge is 0.338 e. The largest absolute Gasteiger partial charge is 0.466 e. The lowest BCUT2D eigenvalue weighted by atomic mass is 9.95. The lowest BCUT2D eigenvalue weighted by Crippen LogP contribution is -3.28. The maximum atomic E-state index is 12.6. The summed E-state index contributed by atoms with van der Waals surface area (Å²) in [5.74, 6) is -0.459. The fraction of sp³-hybridized carbons (Fsp3) is 0.474. The Morgan fingerprint density at radius 3 is 2.52 bits per heavy atom. The molecule has 27 heavy (non-hydrogen) atoms. The minimum atomic E-state index is -0.628. The molecule has 1 aromatic rings. The van der Waals surface area contributed by atoms with Crippen molar-refractivity contribution in [1.82, 2.24) is 10.6 Å². The highest BCUT2D eigenvalue weighted by Crippen LogP contribution is 2.31. The number of hydrogen-bond acceptors (Lipinski definition) is 3. The number of hydrogen-bond donors (Lipinski definition) is 4. The summed E-state index contributed by atoms with van der Waals surface area (Å²) < 4.78 is 5.03. The first-order chi connectivity index (χ1) is 13.0. The lowest BCUT2D eigenvalue weighted by Gasteiger charge is -2.33. The van der Waals surface area contributed by atoms with Gasteiger partial charge in [-0.05, 0) is 18.6 Å². The van der Waals surface area contributed by atoms with Crippen LogP contribution in [0.4, 0.5) is 4.79 Å². The molecule has 2 aliphatic heterocycles. The van der Waals surface area contributed by atoms with E-state index in [0.29, 0.717) is 28.4 Å². The van der Waals surface area contributed by atoms with Gasteiger partial charge in [0.05, 0.1) is 31.0 Å². The fourth-order valence-electron chi connectivity index (χ4n) is 3.79. The van der Waals surface area contributed by atoms with E-state index in [-0.39, 0.29) is 6.03 Å². The van der Waals surface area contributed by atoms with Crippen LogP contribution in [0.15, 0.2) is 35.5 Å². The highest BCUT2D eigenvalue weighted by molar-refractivity contribution is 6.31. The number of piperazine rings is 1. The number of amides is 2. The zero-order valence-corrected chi connectivity index (χ0v) is 16.5. The van der Waals surface area contributed by atoms with Crippen LogP contribution in [0.25, 0.3) is 0 Å². The Hall–Kier alpha value is -2.09. The predicted octanol–water partition coefficient (Wildman–Crippen LogP) is -1.08. The number of carbonyl (C=O) groups excluding carboxylic acids is 2. The van der Waals surface area contributed by atoms with Crippen LogP contribution in [0.1, 0.15) is 18.5 Å². The number of benzene rings is 1. The maximum Gasteiger partial charge on any atom is 0.338 e. The summed E-state index contributed by atoms with van der Waals surface area (Å²) >= 11 is 6.34. The predicted molar refractivity (Wildman–Crippen MR) is 102 cm³/mol. The zero-order valence-electron chi connectivity index (χ0n) is 15.7. The van der Waals surface area contributed by atoms with Gasteiger partial charge in [0.15, 0.2) is 0 Å². The Morgan fingerprint density at radius 2 is 1.89 bits per heavy atom. The van der Waals surface area contributed by atoms with Crippen LogP contribution in [-0.4, -0.2) is 58.4 Å². The van der Waals surface area contributed by atoms with Gasteiger partial charge in [0.2, 0.25) is 0 Å². The van der Waals surface area contributed by atoms with E-state index < -0.39 is 12.0 Å². The standard InChI is InChI=1S/C19H25ClN4O3/c1-3-23-8-10-24(11-9-23)12-15-16(18(25)27-2)17(22-19(26)21-15)13-6-4-5-7-14(13)20/h4-7,17H,3,8-12H2,1-2H3,(H2,21,22,26)/p+2/t17-/m1/s1. The fourth-order valence-corrected chi connectivity index (χ4v) is 4.03. The normalized spacial score (nSPS) is 25.6. The van der Waals surface area contributed by atoms with Crippen molar-refractivity contribution in [2.24, 2.45) is 0 Å². The molecule has 146 valence electrons. The third-order valence-corrected chi connectivity index (χ3v) is 5.71. The van der Waals surface area contributed by atoms with Gasteiger partial charge < -0.3 is 25.2 Å². The van der Waals surface area contributed by atoms with Gasteiger partial charge in [-0.2, -0.15) is 0 Å². The molecule has 0 bridgehead atoms. The first-order valence-electron chi connectivity index (χ1n) is 9.33. The zero-order chi connectivity index (χ0) is 19.4. The summed E-state index contributed by atoms with van der Waals surface area (Å²) in [7, 11) is 1.35. The van der Waals surface area contributed by atoms with E-state index in [2.05, 4.69) is 17.6 Å². The molecule has 7 nitrogen and oxygen atoms in total. The average Bonchev–Trinajstić information content (AvgIpc) is 2.68. The number of halogens is 1. The van der Waals surface area contributed by atoms with E-state index in [1.165, 1.54) is 12.0 Å². The highest BCUT2D eigenvalue weighted by Gasteiger charge is 2.36. The second-order valence-electron chi connectivity index (χ2n) is 6.97. The van der Waals surface area contributed by atoms with Crippen LogP contribution in [-0.2, 0) is 9.53 Å². The van der Waals surface area contributed by atoms with Crippen LogP contribution >= 0.6 is 11.6 Å². The van der Waals surface area contributed by atoms with Gasteiger partial charge in [-0.25, -0.2) is 9.59 Å². The molecule has 1 aromatic carbocycles. The second kappa shape index (κ2) is 8.73. The van der Waals surface area contributed by atoms with E-state index in [0.717, 1.165) is 32.7 Å². The number of urea groups is 1. The second-order valence-corrected chi connectivity index (χ2v) is 7.37. The van der Waals surface area contributed by atoms with Crippen molar-refractivity contribution in [2.75, 3.05) is 46.4 Å². The van der Waals surface area contributed by atoms with E-state index in [4.69, 9.17) is 16.3 Å². The summed E-state index contributed by atoms with van der Waals surface area (Å²) in [6, 6.07) is 6.25. The van der Waals surface area contributed by atoms with E-state index in [1.54, 1.807) is 11.0 Å². The van der Waals surface area contributed by atoms with Crippen LogP contribution < -0.4 is 20.4 Å². The molecular formula is C19H27ClN4O3+2. The highest BCUT2D eigenvalue weighted by atomic mass is 35.5. The third-order valence-electron chi connectivity index (χ3n) is 5.37. The first kappa shape index (κ1) is 19.7. The minimum Gasteiger partial charge on any atom is -0.466 e. The quantitative estimate of drug-likeness (QED) is 0.480. The molecule has 1 fully saturated rings. The molecule has 0 radical (unpaired) electrons. The third kappa shape index (κ3) is 4.43. The summed E-state index contributed by atoms with van der Waals surface area (Å²) in [6.07, 6.45) is 0. The van der Waals surface area contributed by atoms with Crippen molar-refractivity contribution in [3.8, 4) is 0 Å². The SMILES string of the molecule is CC[NH+]1CC[NH+](CC2=C(C(=O)OC)[C@@H](c3ccccc3Cl)NC(=O)N2)CC1. The summed E-state index contributed by atoms with van der Waals surface area (Å²) in [6.45, 7) is 8.08. The molecular weight excluding hydrogens is 368 g/mol. The van der Waals surface area contributed by atoms with Crippen molar-refractivity contribution in [2.45, 2.75) is 13.0 Å². The Morgan fingerprint density at radius 1 is 1.22 bits per heavy atom. The summed E-state index contributed by atoms with van der Waals surface area (Å²) in [5.41, 5.74) is 1.72. The summed E-state index contributed by atoms with van der Waals surface area (Å²) in [5, 5.41) is 6.15. The van der Waals surface area contributed by atoms with Crippen molar-refractivity contribution >= 4 is 23.6 Å². The molecule has 2 amide bonds. The van der Waals surface area contributed by atoms with Crippen molar-refractivity contribution in [1.29, 1.82) is 0 Å². The Balaban J connectivity index is 1.92. The number of rotatable bonds is 5. The molecule has 0 aliphatic carbocycles. The molecule has 2 aliphatic rings. The van der Waals surface area contributed by atoms with E-state index >= 15 is 0 Å². The van der Waals surface area contributed by atoms with E-state index in [1.807, 2.05) is 18.2 Å². The molecule has 3 rings (SSSR count). The molecule has 4 N–H and O–H groups in total. The number of likely N-dealkylation sites (N-methyl/N-ethyl adjacent to an activating group) is 1.